The second-order valence-electron chi connectivity index (χ2n) is 6.26. The van der Waals surface area contributed by atoms with Crippen LogP contribution in [-0.4, -0.2) is 53.0 Å². The molecule has 0 aliphatic carbocycles. The first-order valence-electron chi connectivity index (χ1n) is 7.65. The first-order valence-corrected chi connectivity index (χ1v) is 8.53. The third-order valence-electron chi connectivity index (χ3n) is 4.50. The fourth-order valence-corrected chi connectivity index (χ4v) is 5.11. The first-order chi connectivity index (χ1) is 11.5. The van der Waals surface area contributed by atoms with Gasteiger partial charge in [-0.2, -0.15) is 15.0 Å². The van der Waals surface area contributed by atoms with Crippen molar-refractivity contribution >= 4 is 23.6 Å². The summed E-state index contributed by atoms with van der Waals surface area (Å²) in [6, 6.07) is 8.85. The summed E-state index contributed by atoms with van der Waals surface area (Å²) in [7, 11) is 0. The van der Waals surface area contributed by atoms with E-state index in [1.54, 1.807) is 6.20 Å². The third kappa shape index (κ3) is 2.29. The molecule has 3 atom stereocenters. The minimum atomic E-state index is -0.976. The van der Waals surface area contributed by atoms with E-state index in [2.05, 4.69) is 10.2 Å². The van der Waals surface area contributed by atoms with Crippen LogP contribution in [0, 0.1) is 0 Å². The van der Waals surface area contributed by atoms with E-state index in [0.29, 0.717) is 13.0 Å². The Morgan fingerprint density at radius 1 is 1.42 bits per heavy atom. The average molecular weight is 344 g/mol. The number of amides is 1. The monoisotopic (exact) mass is 344 g/mol. The van der Waals surface area contributed by atoms with Crippen LogP contribution in [-0.2, 0) is 16.1 Å². The number of β-lactam (4-membered cyclic amide) rings is 1. The number of aliphatic carboxylic acids is 1. The quantitative estimate of drug-likeness (QED) is 0.845. The minimum Gasteiger partial charge on any atom is -0.480 e. The van der Waals surface area contributed by atoms with Crippen LogP contribution >= 0.6 is 11.8 Å². The number of fused-ring (bicyclic) bond motifs is 1. The van der Waals surface area contributed by atoms with E-state index >= 15 is 0 Å². The smallest absolute Gasteiger partial charge is 0.327 e. The van der Waals surface area contributed by atoms with Crippen LogP contribution < -0.4 is 0 Å². The van der Waals surface area contributed by atoms with Gasteiger partial charge in [-0.05, 0) is 6.92 Å². The Hall–Kier alpha value is -2.35. The van der Waals surface area contributed by atoms with Crippen LogP contribution in [0.3, 0.4) is 0 Å². The molecule has 1 amide bonds. The van der Waals surface area contributed by atoms with Gasteiger partial charge in [-0.3, -0.25) is 4.79 Å². The molecule has 2 aromatic rings. The number of carbonyl (C=O) groups is 2. The molecule has 2 aliphatic rings. The van der Waals surface area contributed by atoms with Crippen molar-refractivity contribution in [2.24, 2.45) is 0 Å². The number of rotatable bonds is 4. The van der Waals surface area contributed by atoms with Crippen molar-refractivity contribution in [1.29, 1.82) is 0 Å². The molecular formula is C16H16N4O3S. The van der Waals surface area contributed by atoms with Crippen LogP contribution in [0.2, 0.25) is 0 Å². The highest BCUT2D eigenvalue weighted by Crippen LogP contribution is 2.51. The molecule has 4 rings (SSSR count). The number of hydrogen-bond acceptors (Lipinski definition) is 5. The maximum Gasteiger partial charge on any atom is 0.327 e. The van der Waals surface area contributed by atoms with Gasteiger partial charge in [-0.1, -0.05) is 30.3 Å². The van der Waals surface area contributed by atoms with Crippen LogP contribution in [0.25, 0.3) is 11.3 Å². The summed E-state index contributed by atoms with van der Waals surface area (Å²) >= 11 is 1.53. The zero-order valence-electron chi connectivity index (χ0n) is 13.0. The second kappa shape index (κ2) is 5.34. The number of aromatic nitrogens is 3. The largest absolute Gasteiger partial charge is 0.480 e. The molecule has 0 spiro atoms. The summed E-state index contributed by atoms with van der Waals surface area (Å²) in [4.78, 5) is 26.5. The lowest BCUT2D eigenvalue weighted by Crippen LogP contribution is -2.58. The summed E-state index contributed by atoms with van der Waals surface area (Å²) in [5, 5.41) is 18.3. The number of hydrogen-bond donors (Lipinski definition) is 1. The van der Waals surface area contributed by atoms with Crippen molar-refractivity contribution in [2.75, 3.05) is 0 Å². The van der Waals surface area contributed by atoms with E-state index in [-0.39, 0.29) is 11.3 Å². The molecule has 1 N–H and O–H groups in total. The number of benzene rings is 1. The van der Waals surface area contributed by atoms with E-state index < -0.39 is 16.8 Å². The fraction of sp³-hybridized carbons (Fsp3) is 0.375. The molecule has 8 heteroatoms. The lowest BCUT2D eigenvalue weighted by atomic mass is 9.96. The predicted octanol–water partition coefficient (Wildman–Crippen LogP) is 1.46. The van der Waals surface area contributed by atoms with Gasteiger partial charge in [0.1, 0.15) is 11.7 Å². The Morgan fingerprint density at radius 3 is 2.83 bits per heavy atom. The molecule has 2 aliphatic heterocycles. The summed E-state index contributed by atoms with van der Waals surface area (Å²) < 4.78 is -0.657. The second-order valence-corrected chi connectivity index (χ2v) is 7.97. The number of nitrogens with zero attached hydrogens (tertiary/aromatic N) is 4. The maximum absolute atomic E-state index is 11.8. The van der Waals surface area contributed by atoms with Gasteiger partial charge < -0.3 is 10.0 Å². The van der Waals surface area contributed by atoms with Gasteiger partial charge in [-0.25, -0.2) is 4.79 Å². The standard InChI is InChI=1S/C16H16N4O3S/c1-16(14(15(22)23)20-12(21)7-13(20)24-16)9-19-17-8-11(18-19)10-5-3-2-4-6-10/h2-6,8,13-14H,7,9H2,1H3,(H,22,23)/t13-,14-,16-/m0/s1. The van der Waals surface area contributed by atoms with Gasteiger partial charge in [0.2, 0.25) is 5.91 Å². The molecule has 0 unspecified atom stereocenters. The van der Waals surface area contributed by atoms with Gasteiger partial charge in [-0.15, -0.1) is 11.8 Å². The molecular weight excluding hydrogens is 328 g/mol. The van der Waals surface area contributed by atoms with E-state index in [4.69, 9.17) is 0 Å². The van der Waals surface area contributed by atoms with Crippen molar-refractivity contribution in [1.82, 2.24) is 19.9 Å². The molecule has 0 saturated carbocycles. The van der Waals surface area contributed by atoms with Crippen LogP contribution in [0.4, 0.5) is 0 Å². The molecule has 2 saturated heterocycles. The van der Waals surface area contributed by atoms with Gasteiger partial charge in [0.05, 0.1) is 29.3 Å². The molecule has 124 valence electrons. The Morgan fingerprint density at radius 2 is 2.17 bits per heavy atom. The zero-order chi connectivity index (χ0) is 16.9. The molecule has 24 heavy (non-hydrogen) atoms. The number of thioether (sulfide) groups is 1. The third-order valence-corrected chi connectivity index (χ3v) is 6.06. The van der Waals surface area contributed by atoms with E-state index in [1.807, 2.05) is 37.3 Å². The van der Waals surface area contributed by atoms with Gasteiger partial charge >= 0.3 is 5.97 Å². The van der Waals surface area contributed by atoms with E-state index in [9.17, 15) is 14.7 Å². The SMILES string of the molecule is C[C@@]1(Cn2ncc(-c3ccccc3)n2)S[C@H]2CC(=O)N2[C@H]1C(=O)O. The predicted molar refractivity (Wildman–Crippen MR) is 88.1 cm³/mol. The van der Waals surface area contributed by atoms with E-state index in [0.717, 1.165) is 11.3 Å². The number of carboxylic acid groups (broad SMARTS) is 1. The highest BCUT2D eigenvalue weighted by Gasteiger charge is 2.61. The number of carboxylic acids is 1. The summed E-state index contributed by atoms with van der Waals surface area (Å²) in [6.45, 7) is 2.20. The van der Waals surface area contributed by atoms with Crippen molar-refractivity contribution in [3.8, 4) is 11.3 Å². The van der Waals surface area contributed by atoms with Crippen molar-refractivity contribution < 1.29 is 14.7 Å². The Balaban J connectivity index is 1.59. The summed E-state index contributed by atoms with van der Waals surface area (Å²) in [5.41, 5.74) is 1.70. The van der Waals surface area contributed by atoms with Crippen molar-refractivity contribution in [3.05, 3.63) is 36.5 Å². The van der Waals surface area contributed by atoms with Crippen LogP contribution in [0.5, 0.6) is 0 Å². The molecule has 2 fully saturated rings. The molecule has 0 bridgehead atoms. The molecule has 0 radical (unpaired) electrons. The normalized spacial score (nSPS) is 28.5. The number of carbonyl (C=O) groups excluding carboxylic acids is 1. The molecule has 1 aromatic heterocycles. The van der Waals surface area contributed by atoms with E-state index in [1.165, 1.54) is 21.5 Å². The average Bonchev–Trinajstić information content (AvgIpc) is 3.09. The summed E-state index contributed by atoms with van der Waals surface area (Å²) in [6.07, 6.45) is 2.08. The highest BCUT2D eigenvalue weighted by atomic mass is 32.2. The topological polar surface area (TPSA) is 88.3 Å². The summed E-state index contributed by atoms with van der Waals surface area (Å²) in [5.74, 6) is -1.07. The van der Waals surface area contributed by atoms with Gasteiger partial charge in [0, 0.05) is 5.56 Å². The Kier molecular flexibility index (Phi) is 3.38. The maximum atomic E-state index is 11.8. The van der Waals surface area contributed by atoms with Crippen LogP contribution in [0.1, 0.15) is 13.3 Å². The van der Waals surface area contributed by atoms with Crippen molar-refractivity contribution in [3.63, 3.8) is 0 Å². The Bertz CT molecular complexity index is 809. The van der Waals surface area contributed by atoms with Crippen molar-refractivity contribution in [2.45, 2.75) is 36.1 Å². The molecule has 3 heterocycles. The fourth-order valence-electron chi connectivity index (χ4n) is 3.38. The molecule has 1 aromatic carbocycles. The van der Waals surface area contributed by atoms with Gasteiger partial charge in [0.15, 0.2) is 0 Å². The minimum absolute atomic E-state index is 0.0484. The Labute approximate surface area is 142 Å². The lowest BCUT2D eigenvalue weighted by molar-refractivity contribution is -0.157. The first kappa shape index (κ1) is 15.2. The lowest BCUT2D eigenvalue weighted by Gasteiger charge is -2.36. The van der Waals surface area contributed by atoms with Crippen LogP contribution in [0.15, 0.2) is 36.5 Å². The highest BCUT2D eigenvalue weighted by molar-refractivity contribution is 8.01. The van der Waals surface area contributed by atoms with Gasteiger partial charge in [0.25, 0.3) is 0 Å². The zero-order valence-corrected chi connectivity index (χ0v) is 13.8. The molecule has 7 nitrogen and oxygen atoms in total.